The molecule has 1 N–H and O–H groups in total. The SMILES string of the molecule is CN(C)C(=O)c1cnn2c(=O)cc(-c3ccc([C@H]4CCCC4(C)C)cc3)[nH]c12. The minimum Gasteiger partial charge on any atom is -0.345 e. The zero-order chi connectivity index (χ0) is 20.1. The highest BCUT2D eigenvalue weighted by atomic mass is 16.2. The van der Waals surface area contributed by atoms with Crippen molar-refractivity contribution in [2.75, 3.05) is 14.1 Å². The van der Waals surface area contributed by atoms with Crippen molar-refractivity contribution < 1.29 is 4.79 Å². The number of carbonyl (C=O) groups excluding carboxylic acids is 1. The van der Waals surface area contributed by atoms with Crippen LogP contribution in [0.5, 0.6) is 0 Å². The van der Waals surface area contributed by atoms with Gasteiger partial charge in [-0.2, -0.15) is 9.61 Å². The number of aromatic amines is 1. The smallest absolute Gasteiger partial charge is 0.274 e. The molecule has 0 unspecified atom stereocenters. The van der Waals surface area contributed by atoms with Crippen LogP contribution in [0.3, 0.4) is 0 Å². The highest BCUT2D eigenvalue weighted by molar-refractivity contribution is 5.99. The van der Waals surface area contributed by atoms with Gasteiger partial charge in [-0.05, 0) is 35.3 Å². The van der Waals surface area contributed by atoms with E-state index in [1.165, 1.54) is 46.5 Å². The number of aromatic nitrogens is 3. The van der Waals surface area contributed by atoms with Crippen LogP contribution in [-0.4, -0.2) is 39.5 Å². The molecule has 0 spiro atoms. The van der Waals surface area contributed by atoms with Crippen LogP contribution in [0.15, 0.2) is 41.3 Å². The average molecular weight is 378 g/mol. The fourth-order valence-electron chi connectivity index (χ4n) is 4.38. The minimum atomic E-state index is -0.262. The number of hydrogen-bond donors (Lipinski definition) is 1. The van der Waals surface area contributed by atoms with Crippen molar-refractivity contribution in [1.82, 2.24) is 19.5 Å². The summed E-state index contributed by atoms with van der Waals surface area (Å²) < 4.78 is 1.23. The number of hydrogen-bond acceptors (Lipinski definition) is 3. The van der Waals surface area contributed by atoms with Crippen molar-refractivity contribution in [1.29, 1.82) is 0 Å². The Bertz CT molecular complexity index is 1090. The summed E-state index contributed by atoms with van der Waals surface area (Å²) in [4.78, 5) is 29.6. The van der Waals surface area contributed by atoms with Gasteiger partial charge in [0.1, 0.15) is 5.56 Å². The molecule has 2 heterocycles. The molecular formula is C22H26N4O2. The lowest BCUT2D eigenvalue weighted by atomic mass is 9.77. The lowest BCUT2D eigenvalue weighted by Gasteiger charge is -2.27. The van der Waals surface area contributed by atoms with E-state index in [2.05, 4.69) is 48.2 Å². The van der Waals surface area contributed by atoms with Crippen molar-refractivity contribution in [2.24, 2.45) is 5.41 Å². The van der Waals surface area contributed by atoms with Crippen LogP contribution in [0.4, 0.5) is 0 Å². The maximum Gasteiger partial charge on any atom is 0.274 e. The van der Waals surface area contributed by atoms with Crippen LogP contribution in [0.2, 0.25) is 0 Å². The maximum atomic E-state index is 12.5. The number of nitrogens with one attached hydrogen (secondary N) is 1. The Kier molecular flexibility index (Phi) is 4.37. The Balaban J connectivity index is 1.74. The van der Waals surface area contributed by atoms with Gasteiger partial charge in [0.05, 0.1) is 11.9 Å². The third-order valence-electron chi connectivity index (χ3n) is 6.02. The van der Waals surface area contributed by atoms with Gasteiger partial charge in [0.15, 0.2) is 5.65 Å². The zero-order valence-electron chi connectivity index (χ0n) is 16.8. The Morgan fingerprint density at radius 3 is 2.57 bits per heavy atom. The van der Waals surface area contributed by atoms with E-state index in [0.717, 1.165) is 5.56 Å². The van der Waals surface area contributed by atoms with Crippen LogP contribution in [0.1, 0.15) is 54.9 Å². The molecule has 0 aliphatic heterocycles. The van der Waals surface area contributed by atoms with E-state index in [-0.39, 0.29) is 11.5 Å². The summed E-state index contributed by atoms with van der Waals surface area (Å²) in [6.45, 7) is 4.68. The van der Waals surface area contributed by atoms with E-state index in [0.29, 0.717) is 28.2 Å². The van der Waals surface area contributed by atoms with Crippen molar-refractivity contribution in [3.05, 3.63) is 58.0 Å². The predicted octanol–water partition coefficient (Wildman–Crippen LogP) is 3.69. The lowest BCUT2D eigenvalue weighted by molar-refractivity contribution is 0.0829. The third kappa shape index (κ3) is 3.03. The number of fused-ring (bicyclic) bond motifs is 1. The van der Waals surface area contributed by atoms with Gasteiger partial charge in [0.2, 0.25) is 0 Å². The van der Waals surface area contributed by atoms with Crippen LogP contribution in [-0.2, 0) is 0 Å². The molecule has 28 heavy (non-hydrogen) atoms. The van der Waals surface area contributed by atoms with Gasteiger partial charge in [-0.1, -0.05) is 44.5 Å². The van der Waals surface area contributed by atoms with Crippen LogP contribution >= 0.6 is 0 Å². The topological polar surface area (TPSA) is 70.5 Å². The summed E-state index contributed by atoms with van der Waals surface area (Å²) in [5, 5.41) is 4.06. The first-order valence-electron chi connectivity index (χ1n) is 9.71. The second-order valence-corrected chi connectivity index (χ2v) is 8.59. The number of amides is 1. The van der Waals surface area contributed by atoms with E-state index < -0.39 is 0 Å². The molecule has 1 atom stereocenters. The van der Waals surface area contributed by atoms with Crippen molar-refractivity contribution in [3.63, 3.8) is 0 Å². The third-order valence-corrected chi connectivity index (χ3v) is 6.02. The van der Waals surface area contributed by atoms with Gasteiger partial charge < -0.3 is 9.88 Å². The first kappa shape index (κ1) is 18.5. The highest BCUT2D eigenvalue weighted by Gasteiger charge is 2.35. The second-order valence-electron chi connectivity index (χ2n) is 8.59. The number of benzene rings is 1. The molecule has 146 valence electrons. The standard InChI is InChI=1S/C22H26N4O2/c1-22(2)11-5-6-17(22)14-7-9-15(10-8-14)18-12-19(27)26-20(24-18)16(13-23-26)21(28)25(3)4/h7-10,12-13,17,24H,5-6,11H2,1-4H3/t17-/m1/s1. The molecule has 1 aliphatic carbocycles. The van der Waals surface area contributed by atoms with Crippen LogP contribution in [0.25, 0.3) is 16.9 Å². The highest BCUT2D eigenvalue weighted by Crippen LogP contribution is 2.48. The molecule has 1 aromatic carbocycles. The molecule has 1 aliphatic rings. The van der Waals surface area contributed by atoms with Crippen LogP contribution in [0, 0.1) is 5.41 Å². The minimum absolute atomic E-state index is 0.193. The summed E-state index contributed by atoms with van der Waals surface area (Å²) >= 11 is 0. The van der Waals surface area contributed by atoms with E-state index in [1.807, 2.05) is 0 Å². The van der Waals surface area contributed by atoms with Crippen molar-refractivity contribution in [3.8, 4) is 11.3 Å². The number of H-pyrrole nitrogens is 1. The molecule has 0 bridgehead atoms. The predicted molar refractivity (Wildman–Crippen MR) is 110 cm³/mol. The quantitative estimate of drug-likeness (QED) is 0.756. The summed E-state index contributed by atoms with van der Waals surface area (Å²) in [5.74, 6) is 0.379. The average Bonchev–Trinajstić information content (AvgIpc) is 3.24. The van der Waals surface area contributed by atoms with Gasteiger partial charge >= 0.3 is 0 Å². The Labute approximate surface area is 164 Å². The van der Waals surface area contributed by atoms with E-state index in [9.17, 15) is 9.59 Å². The molecule has 4 rings (SSSR count). The molecule has 2 aromatic heterocycles. The van der Waals surface area contributed by atoms with E-state index in [4.69, 9.17) is 0 Å². The first-order chi connectivity index (χ1) is 13.3. The number of carbonyl (C=O) groups is 1. The maximum absolute atomic E-state index is 12.5. The molecular weight excluding hydrogens is 352 g/mol. The fourth-order valence-corrected chi connectivity index (χ4v) is 4.38. The van der Waals surface area contributed by atoms with Gasteiger partial charge in [-0.15, -0.1) is 0 Å². The molecule has 0 radical (unpaired) electrons. The second kappa shape index (κ2) is 6.62. The molecule has 1 saturated carbocycles. The zero-order valence-corrected chi connectivity index (χ0v) is 16.8. The largest absolute Gasteiger partial charge is 0.345 e. The fraction of sp³-hybridized carbons (Fsp3) is 0.409. The van der Waals surface area contributed by atoms with Crippen LogP contribution < -0.4 is 5.56 Å². The van der Waals surface area contributed by atoms with E-state index in [1.54, 1.807) is 14.1 Å². The lowest BCUT2D eigenvalue weighted by Crippen LogP contribution is -2.22. The summed E-state index contributed by atoms with van der Waals surface area (Å²) in [6.07, 6.45) is 5.19. The molecule has 0 saturated heterocycles. The van der Waals surface area contributed by atoms with Gasteiger partial charge in [0, 0.05) is 20.2 Å². The van der Waals surface area contributed by atoms with Gasteiger partial charge in [-0.3, -0.25) is 9.59 Å². The Morgan fingerprint density at radius 1 is 1.25 bits per heavy atom. The first-order valence-corrected chi connectivity index (χ1v) is 9.71. The van der Waals surface area contributed by atoms with Crippen molar-refractivity contribution >= 4 is 11.6 Å². The summed E-state index contributed by atoms with van der Waals surface area (Å²) in [7, 11) is 3.36. The van der Waals surface area contributed by atoms with Crippen molar-refractivity contribution in [2.45, 2.75) is 39.0 Å². The summed E-state index contributed by atoms with van der Waals surface area (Å²) in [5.41, 5.74) is 3.82. The molecule has 1 fully saturated rings. The Morgan fingerprint density at radius 2 is 1.96 bits per heavy atom. The van der Waals surface area contributed by atoms with Gasteiger partial charge in [-0.25, -0.2) is 0 Å². The molecule has 1 amide bonds. The number of rotatable bonds is 3. The molecule has 3 aromatic rings. The molecule has 6 nitrogen and oxygen atoms in total. The van der Waals surface area contributed by atoms with E-state index >= 15 is 0 Å². The normalized spacial score (nSPS) is 18.5. The molecule has 6 heteroatoms. The number of nitrogens with zero attached hydrogens (tertiary/aromatic N) is 3. The monoisotopic (exact) mass is 378 g/mol. The van der Waals surface area contributed by atoms with Gasteiger partial charge in [0.25, 0.3) is 11.5 Å². The Hall–Kier alpha value is -2.89. The summed E-state index contributed by atoms with van der Waals surface area (Å²) in [6, 6.07) is 9.96.